The van der Waals surface area contributed by atoms with E-state index in [9.17, 15) is 9.90 Å². The first-order valence-electron chi connectivity index (χ1n) is 9.40. The summed E-state index contributed by atoms with van der Waals surface area (Å²) in [6.07, 6.45) is 9.95. The number of rotatable bonds is 8. The maximum absolute atomic E-state index is 12.2. The normalized spacial score (nSPS) is 26.9. The number of aliphatic hydroxyl groups is 1. The minimum atomic E-state index is -0.0277. The second-order valence-corrected chi connectivity index (χ2v) is 7.38. The summed E-state index contributed by atoms with van der Waals surface area (Å²) in [7, 11) is 0. The lowest BCUT2D eigenvalue weighted by Gasteiger charge is -2.31. The number of nitrogens with one attached hydrogen (secondary N) is 2. The Hall–Kier alpha value is -0.810. The van der Waals surface area contributed by atoms with Crippen molar-refractivity contribution in [3.63, 3.8) is 0 Å². The molecule has 0 spiro atoms. The largest absolute Gasteiger partial charge is 0.396 e. The topological polar surface area (TPSA) is 70.6 Å². The van der Waals surface area contributed by atoms with Crippen LogP contribution in [-0.4, -0.2) is 43.5 Å². The number of carbonyl (C=O) groups excluding carboxylic acids is 1. The van der Waals surface area contributed by atoms with Crippen LogP contribution in [0.3, 0.4) is 0 Å². The predicted octanol–water partition coefficient (Wildman–Crippen LogP) is 2.82. The summed E-state index contributed by atoms with van der Waals surface area (Å²) >= 11 is 0. The van der Waals surface area contributed by atoms with E-state index >= 15 is 0 Å². The van der Waals surface area contributed by atoms with E-state index in [1.165, 1.54) is 25.7 Å². The van der Waals surface area contributed by atoms with Crippen molar-refractivity contribution in [2.75, 3.05) is 26.4 Å². The van der Waals surface area contributed by atoms with Crippen LogP contribution in [0.1, 0.15) is 64.7 Å². The van der Waals surface area contributed by atoms with Crippen LogP contribution in [-0.2, 0) is 4.74 Å². The van der Waals surface area contributed by atoms with Crippen LogP contribution in [0.2, 0.25) is 0 Å². The highest BCUT2D eigenvalue weighted by Gasteiger charge is 2.34. The van der Waals surface area contributed by atoms with Crippen molar-refractivity contribution < 1.29 is 14.6 Å². The zero-order valence-electron chi connectivity index (χ0n) is 14.6. The Morgan fingerprint density at radius 2 is 1.91 bits per heavy atom. The van der Waals surface area contributed by atoms with Gasteiger partial charge in [0, 0.05) is 32.4 Å². The van der Waals surface area contributed by atoms with Crippen LogP contribution in [0.15, 0.2) is 0 Å². The molecule has 0 atom stereocenters. The van der Waals surface area contributed by atoms with Gasteiger partial charge in [0.1, 0.15) is 0 Å². The Kier molecular flexibility index (Phi) is 7.63. The highest BCUT2D eigenvalue weighted by atomic mass is 16.5. The van der Waals surface area contributed by atoms with Crippen LogP contribution < -0.4 is 10.6 Å². The Bertz CT molecular complexity index is 348. The molecule has 0 bridgehead atoms. The summed E-state index contributed by atoms with van der Waals surface area (Å²) in [5.41, 5.74) is 0.237. The predicted molar refractivity (Wildman–Crippen MR) is 91.4 cm³/mol. The van der Waals surface area contributed by atoms with Gasteiger partial charge in [-0.25, -0.2) is 4.79 Å². The monoisotopic (exact) mass is 326 g/mol. The van der Waals surface area contributed by atoms with Gasteiger partial charge in [0.15, 0.2) is 0 Å². The number of ether oxygens (including phenoxy) is 1. The molecule has 0 saturated heterocycles. The molecule has 2 aliphatic carbocycles. The van der Waals surface area contributed by atoms with Crippen LogP contribution in [0.25, 0.3) is 0 Å². The maximum atomic E-state index is 12.2. The lowest BCUT2D eigenvalue weighted by molar-refractivity contribution is 0.103. The molecule has 0 radical (unpaired) electrons. The molecular weight excluding hydrogens is 292 g/mol. The van der Waals surface area contributed by atoms with Gasteiger partial charge in [-0.3, -0.25) is 0 Å². The average molecular weight is 326 g/mol. The number of hydrogen-bond acceptors (Lipinski definition) is 3. The average Bonchev–Trinajstić information content (AvgIpc) is 3.03. The molecule has 0 aromatic rings. The minimum absolute atomic E-state index is 0.0277. The molecule has 23 heavy (non-hydrogen) atoms. The Balaban J connectivity index is 1.69. The van der Waals surface area contributed by atoms with E-state index in [2.05, 4.69) is 10.6 Å². The van der Waals surface area contributed by atoms with E-state index in [1.54, 1.807) is 0 Å². The SMILES string of the molecule is CCOCCC1(CNC(=O)NC2CCC(CO)CC2)CCCC1. The number of amides is 2. The number of urea groups is 1. The molecule has 5 nitrogen and oxygen atoms in total. The molecule has 0 aromatic heterocycles. The molecule has 2 saturated carbocycles. The lowest BCUT2D eigenvalue weighted by Crippen LogP contribution is -2.47. The third-order valence-corrected chi connectivity index (χ3v) is 5.71. The second-order valence-electron chi connectivity index (χ2n) is 7.38. The highest BCUT2D eigenvalue weighted by Crippen LogP contribution is 2.40. The van der Waals surface area contributed by atoms with Gasteiger partial charge in [0.25, 0.3) is 0 Å². The Labute approximate surface area is 140 Å². The van der Waals surface area contributed by atoms with Crippen LogP contribution in [0.5, 0.6) is 0 Å². The molecule has 2 aliphatic rings. The molecule has 134 valence electrons. The van der Waals surface area contributed by atoms with Gasteiger partial charge in [-0.05, 0) is 63.2 Å². The highest BCUT2D eigenvalue weighted by molar-refractivity contribution is 5.74. The van der Waals surface area contributed by atoms with Gasteiger partial charge in [-0.1, -0.05) is 12.8 Å². The van der Waals surface area contributed by atoms with Gasteiger partial charge in [0.2, 0.25) is 0 Å². The summed E-state index contributed by atoms with van der Waals surface area (Å²) in [5.74, 6) is 0.427. The zero-order chi connectivity index (χ0) is 16.5. The number of aliphatic hydroxyl groups excluding tert-OH is 1. The van der Waals surface area contributed by atoms with E-state index in [1.807, 2.05) is 6.92 Å². The Morgan fingerprint density at radius 3 is 2.52 bits per heavy atom. The van der Waals surface area contributed by atoms with Gasteiger partial charge in [-0.15, -0.1) is 0 Å². The van der Waals surface area contributed by atoms with Crippen molar-refractivity contribution in [3.8, 4) is 0 Å². The zero-order valence-corrected chi connectivity index (χ0v) is 14.6. The standard InChI is InChI=1S/C18H34N2O3/c1-2-23-12-11-18(9-3-4-10-18)14-19-17(22)20-16-7-5-15(13-21)6-8-16/h15-16,21H,2-14H2,1H3,(H2,19,20,22). The molecule has 3 N–H and O–H groups in total. The fourth-order valence-electron chi connectivity index (χ4n) is 4.07. The van der Waals surface area contributed by atoms with E-state index in [4.69, 9.17) is 4.74 Å². The Morgan fingerprint density at radius 1 is 1.22 bits per heavy atom. The molecule has 2 rings (SSSR count). The van der Waals surface area contributed by atoms with Crippen LogP contribution in [0, 0.1) is 11.3 Å². The van der Waals surface area contributed by atoms with E-state index < -0.39 is 0 Å². The summed E-state index contributed by atoms with van der Waals surface area (Å²) < 4.78 is 5.52. The van der Waals surface area contributed by atoms with Crippen LogP contribution in [0.4, 0.5) is 4.79 Å². The number of carbonyl (C=O) groups is 1. The molecule has 2 amide bonds. The summed E-state index contributed by atoms with van der Waals surface area (Å²) in [6.45, 7) is 4.63. The van der Waals surface area contributed by atoms with E-state index in [-0.39, 0.29) is 24.1 Å². The molecule has 2 fully saturated rings. The van der Waals surface area contributed by atoms with E-state index in [0.717, 1.165) is 51.9 Å². The van der Waals surface area contributed by atoms with Crippen molar-refractivity contribution in [2.24, 2.45) is 11.3 Å². The summed E-state index contributed by atoms with van der Waals surface area (Å²) in [4.78, 5) is 12.2. The smallest absolute Gasteiger partial charge is 0.315 e. The fourth-order valence-corrected chi connectivity index (χ4v) is 4.07. The third-order valence-electron chi connectivity index (χ3n) is 5.71. The first-order chi connectivity index (χ1) is 11.2. The van der Waals surface area contributed by atoms with Crippen molar-refractivity contribution in [3.05, 3.63) is 0 Å². The molecule has 0 aromatic carbocycles. The van der Waals surface area contributed by atoms with Gasteiger partial charge in [-0.2, -0.15) is 0 Å². The van der Waals surface area contributed by atoms with Gasteiger partial charge in [0.05, 0.1) is 0 Å². The molecular formula is C18H34N2O3. The molecule has 0 unspecified atom stereocenters. The number of hydrogen-bond donors (Lipinski definition) is 3. The second kappa shape index (κ2) is 9.48. The maximum Gasteiger partial charge on any atom is 0.315 e. The first kappa shape index (κ1) is 18.5. The fraction of sp³-hybridized carbons (Fsp3) is 0.944. The summed E-state index contributed by atoms with van der Waals surface area (Å²) in [5, 5.41) is 15.4. The quantitative estimate of drug-likeness (QED) is 0.601. The van der Waals surface area contributed by atoms with Gasteiger partial charge >= 0.3 is 6.03 Å². The van der Waals surface area contributed by atoms with Crippen molar-refractivity contribution in [1.82, 2.24) is 10.6 Å². The lowest BCUT2D eigenvalue weighted by atomic mass is 9.83. The van der Waals surface area contributed by atoms with Crippen molar-refractivity contribution >= 4 is 6.03 Å². The third kappa shape index (κ3) is 5.96. The van der Waals surface area contributed by atoms with Crippen LogP contribution >= 0.6 is 0 Å². The van der Waals surface area contributed by atoms with Gasteiger partial charge < -0.3 is 20.5 Å². The van der Waals surface area contributed by atoms with Crippen molar-refractivity contribution in [2.45, 2.75) is 70.8 Å². The molecule has 5 heteroatoms. The first-order valence-corrected chi connectivity index (χ1v) is 9.40. The van der Waals surface area contributed by atoms with E-state index in [0.29, 0.717) is 5.92 Å². The minimum Gasteiger partial charge on any atom is -0.396 e. The van der Waals surface area contributed by atoms with Crippen molar-refractivity contribution in [1.29, 1.82) is 0 Å². The molecule has 0 aliphatic heterocycles. The molecule has 0 heterocycles. The summed E-state index contributed by atoms with van der Waals surface area (Å²) in [6, 6.07) is 0.237.